The second-order valence-electron chi connectivity index (χ2n) is 5.71. The predicted molar refractivity (Wildman–Crippen MR) is 77.2 cm³/mol. The first-order chi connectivity index (χ1) is 9.97. The molecule has 0 saturated carbocycles. The number of aryl methyl sites for hydroxylation is 2. The molecule has 1 aliphatic rings. The molecule has 6 heteroatoms. The fourth-order valence-corrected chi connectivity index (χ4v) is 2.73. The van der Waals surface area contributed by atoms with E-state index < -0.39 is 0 Å². The van der Waals surface area contributed by atoms with E-state index >= 15 is 0 Å². The van der Waals surface area contributed by atoms with Crippen molar-refractivity contribution in [3.05, 3.63) is 23.0 Å². The van der Waals surface area contributed by atoms with Gasteiger partial charge in [0.25, 0.3) is 11.6 Å². The van der Waals surface area contributed by atoms with Crippen LogP contribution in [0.1, 0.15) is 35.6 Å². The molecular weight excluding hydrogens is 270 g/mol. The highest BCUT2D eigenvalue weighted by atomic mass is 16.5. The zero-order chi connectivity index (χ0) is 15.1. The van der Waals surface area contributed by atoms with Crippen molar-refractivity contribution < 1.29 is 14.1 Å². The Labute approximate surface area is 123 Å². The number of rotatable bonds is 1. The fourth-order valence-electron chi connectivity index (χ4n) is 2.73. The minimum Gasteiger partial charge on any atom is -0.375 e. The molecule has 0 spiro atoms. The van der Waals surface area contributed by atoms with Crippen LogP contribution >= 0.6 is 0 Å². The fraction of sp³-hybridized carbons (Fsp3) is 0.533. The first kappa shape index (κ1) is 14.0. The van der Waals surface area contributed by atoms with E-state index in [9.17, 15) is 4.79 Å². The number of carbonyl (C=O) groups excluding carboxylic acids is 1. The molecule has 0 aliphatic carbocycles. The van der Waals surface area contributed by atoms with Gasteiger partial charge in [0.2, 0.25) is 0 Å². The molecule has 0 N–H and O–H groups in total. The lowest BCUT2D eigenvalue weighted by Gasteiger charge is -2.37. The van der Waals surface area contributed by atoms with E-state index in [1.165, 1.54) is 0 Å². The zero-order valence-electron chi connectivity index (χ0n) is 12.7. The lowest BCUT2D eigenvalue weighted by atomic mass is 10.1. The van der Waals surface area contributed by atoms with Crippen LogP contribution in [0.15, 0.2) is 10.6 Å². The van der Waals surface area contributed by atoms with Crippen LogP contribution in [0.4, 0.5) is 0 Å². The highest BCUT2D eigenvalue weighted by Gasteiger charge is 2.30. The Morgan fingerprint density at radius 3 is 2.90 bits per heavy atom. The molecule has 1 fully saturated rings. The van der Waals surface area contributed by atoms with Gasteiger partial charge in [-0.2, -0.15) is 0 Å². The smallest absolute Gasteiger partial charge is 0.258 e. The summed E-state index contributed by atoms with van der Waals surface area (Å²) in [7, 11) is 0. The Morgan fingerprint density at radius 1 is 1.38 bits per heavy atom. The van der Waals surface area contributed by atoms with Gasteiger partial charge < -0.3 is 14.2 Å². The maximum Gasteiger partial charge on any atom is 0.258 e. The van der Waals surface area contributed by atoms with Gasteiger partial charge in [-0.1, -0.05) is 5.16 Å². The van der Waals surface area contributed by atoms with Crippen molar-refractivity contribution in [2.75, 3.05) is 13.2 Å². The third-order valence-electron chi connectivity index (χ3n) is 3.84. The standard InChI is InChI=1S/C15H19N3O3/c1-8-5-12(13-11(4)17-21-14(13)16-8)15(19)18-6-10(3)20-7-9(18)2/h5,9-10H,6-7H2,1-4H3/t9-,10+/m1/s1. The van der Waals surface area contributed by atoms with Gasteiger partial charge in [0.15, 0.2) is 0 Å². The quantitative estimate of drug-likeness (QED) is 0.804. The van der Waals surface area contributed by atoms with Gasteiger partial charge in [0, 0.05) is 12.2 Å². The van der Waals surface area contributed by atoms with Gasteiger partial charge in [-0.25, -0.2) is 4.98 Å². The summed E-state index contributed by atoms with van der Waals surface area (Å²) in [5.74, 6) is -0.0144. The van der Waals surface area contributed by atoms with Crippen molar-refractivity contribution in [2.45, 2.75) is 39.8 Å². The number of pyridine rings is 1. The number of hydrogen-bond acceptors (Lipinski definition) is 5. The van der Waals surface area contributed by atoms with Crippen molar-refractivity contribution in [3.8, 4) is 0 Å². The molecule has 1 amide bonds. The summed E-state index contributed by atoms with van der Waals surface area (Å²) >= 11 is 0. The molecule has 21 heavy (non-hydrogen) atoms. The van der Waals surface area contributed by atoms with Crippen LogP contribution < -0.4 is 0 Å². The summed E-state index contributed by atoms with van der Waals surface area (Å²) in [6.45, 7) is 8.79. The highest BCUT2D eigenvalue weighted by molar-refractivity contribution is 6.06. The maximum atomic E-state index is 12.9. The minimum atomic E-state index is -0.0144. The average molecular weight is 289 g/mol. The van der Waals surface area contributed by atoms with Crippen molar-refractivity contribution in [1.82, 2.24) is 15.0 Å². The number of nitrogens with zero attached hydrogens (tertiary/aromatic N) is 3. The molecule has 112 valence electrons. The summed E-state index contributed by atoms with van der Waals surface area (Å²) in [5.41, 5.74) is 2.47. The van der Waals surface area contributed by atoms with Crippen molar-refractivity contribution in [1.29, 1.82) is 0 Å². The van der Waals surface area contributed by atoms with Gasteiger partial charge in [0.1, 0.15) is 0 Å². The Bertz CT molecular complexity index is 695. The lowest BCUT2D eigenvalue weighted by Crippen LogP contribution is -2.50. The Hall–Kier alpha value is -1.95. The first-order valence-corrected chi connectivity index (χ1v) is 7.13. The molecule has 0 bridgehead atoms. The van der Waals surface area contributed by atoms with Crippen molar-refractivity contribution in [3.63, 3.8) is 0 Å². The third-order valence-corrected chi connectivity index (χ3v) is 3.84. The molecule has 3 heterocycles. The summed E-state index contributed by atoms with van der Waals surface area (Å²) in [6.07, 6.45) is 0.0483. The maximum absolute atomic E-state index is 12.9. The molecule has 2 aromatic rings. The van der Waals surface area contributed by atoms with E-state index in [2.05, 4.69) is 10.1 Å². The normalized spacial score (nSPS) is 22.8. The van der Waals surface area contributed by atoms with Crippen LogP contribution in [0, 0.1) is 13.8 Å². The van der Waals surface area contributed by atoms with Crippen molar-refractivity contribution in [2.24, 2.45) is 0 Å². The SMILES string of the molecule is Cc1cc(C(=O)N2C[C@H](C)OC[C@H]2C)c2c(C)noc2n1. The van der Waals surface area contributed by atoms with Gasteiger partial charge in [-0.15, -0.1) is 0 Å². The molecule has 3 rings (SSSR count). The van der Waals surface area contributed by atoms with E-state index in [0.29, 0.717) is 35.5 Å². The Morgan fingerprint density at radius 2 is 2.14 bits per heavy atom. The second-order valence-corrected chi connectivity index (χ2v) is 5.71. The number of morpholine rings is 1. The number of amides is 1. The average Bonchev–Trinajstić information content (AvgIpc) is 2.81. The second kappa shape index (κ2) is 5.11. The van der Waals surface area contributed by atoms with E-state index in [1.54, 1.807) is 0 Å². The number of fused-ring (bicyclic) bond motifs is 1. The van der Waals surface area contributed by atoms with Gasteiger partial charge in [0.05, 0.1) is 35.4 Å². The summed E-state index contributed by atoms with van der Waals surface area (Å²) < 4.78 is 10.8. The van der Waals surface area contributed by atoms with Gasteiger partial charge >= 0.3 is 0 Å². The van der Waals surface area contributed by atoms with Crippen LogP contribution in [0.5, 0.6) is 0 Å². The zero-order valence-corrected chi connectivity index (χ0v) is 12.7. The molecule has 2 atom stereocenters. The molecule has 0 aromatic carbocycles. The number of aromatic nitrogens is 2. The number of carbonyl (C=O) groups is 1. The minimum absolute atomic E-state index is 0.0144. The first-order valence-electron chi connectivity index (χ1n) is 7.13. The van der Waals surface area contributed by atoms with Gasteiger partial charge in [-0.05, 0) is 33.8 Å². The van der Waals surface area contributed by atoms with E-state index in [1.807, 2.05) is 38.7 Å². The molecule has 6 nitrogen and oxygen atoms in total. The van der Waals surface area contributed by atoms with Crippen molar-refractivity contribution >= 4 is 17.0 Å². The van der Waals surface area contributed by atoms with Crippen LogP contribution in [-0.2, 0) is 4.74 Å². The summed E-state index contributed by atoms with van der Waals surface area (Å²) in [5, 5.41) is 4.63. The largest absolute Gasteiger partial charge is 0.375 e. The number of hydrogen-bond donors (Lipinski definition) is 0. The topological polar surface area (TPSA) is 68.5 Å². The lowest BCUT2D eigenvalue weighted by molar-refractivity contribution is -0.0386. The van der Waals surface area contributed by atoms with Crippen LogP contribution in [0.2, 0.25) is 0 Å². The summed E-state index contributed by atoms with van der Waals surface area (Å²) in [6, 6.07) is 1.86. The van der Waals surface area contributed by atoms with E-state index in [-0.39, 0.29) is 18.1 Å². The van der Waals surface area contributed by atoms with Crippen LogP contribution in [-0.4, -0.2) is 46.2 Å². The molecule has 0 unspecified atom stereocenters. The Kier molecular flexibility index (Phi) is 3.41. The molecule has 0 radical (unpaired) electrons. The predicted octanol–water partition coefficient (Wildman–Crippen LogP) is 2.09. The highest BCUT2D eigenvalue weighted by Crippen LogP contribution is 2.25. The van der Waals surface area contributed by atoms with E-state index in [0.717, 1.165) is 5.69 Å². The van der Waals surface area contributed by atoms with E-state index in [4.69, 9.17) is 9.26 Å². The van der Waals surface area contributed by atoms with Crippen LogP contribution in [0.25, 0.3) is 11.1 Å². The summed E-state index contributed by atoms with van der Waals surface area (Å²) in [4.78, 5) is 19.1. The van der Waals surface area contributed by atoms with Gasteiger partial charge in [-0.3, -0.25) is 4.79 Å². The molecule has 1 aliphatic heterocycles. The molecular formula is C15H19N3O3. The van der Waals surface area contributed by atoms with Crippen LogP contribution in [0.3, 0.4) is 0 Å². The monoisotopic (exact) mass is 289 g/mol. The Balaban J connectivity index is 2.06. The molecule has 2 aromatic heterocycles. The molecule has 1 saturated heterocycles. The third kappa shape index (κ3) is 2.40. The number of ether oxygens (including phenoxy) is 1.